The lowest BCUT2D eigenvalue weighted by Crippen LogP contribution is -2.30. The smallest absolute Gasteiger partial charge is 0.227 e. The molecule has 1 atom stereocenters. The van der Waals surface area contributed by atoms with E-state index in [4.69, 9.17) is 0 Å². The van der Waals surface area contributed by atoms with E-state index >= 15 is 0 Å². The number of amides is 1. The molecule has 4 nitrogen and oxygen atoms in total. The first-order chi connectivity index (χ1) is 11.5. The van der Waals surface area contributed by atoms with Crippen molar-refractivity contribution in [1.29, 1.82) is 0 Å². The Morgan fingerprint density at radius 3 is 2.79 bits per heavy atom. The van der Waals surface area contributed by atoms with Gasteiger partial charge in [0.15, 0.2) is 0 Å². The lowest BCUT2D eigenvalue weighted by atomic mass is 9.99. The number of likely N-dealkylation sites (tertiary alicyclic amines) is 1. The number of hydrogen-bond donors (Lipinski definition) is 1. The highest BCUT2D eigenvalue weighted by Crippen LogP contribution is 2.41. The summed E-state index contributed by atoms with van der Waals surface area (Å²) in [4.78, 5) is 16.1. The number of hydrogen-bond acceptors (Lipinski definition) is 3. The highest BCUT2D eigenvalue weighted by atomic mass is 16.3. The molecule has 0 aromatic rings. The minimum absolute atomic E-state index is 0.0487. The van der Waals surface area contributed by atoms with Crippen molar-refractivity contribution in [3.8, 4) is 0 Å². The molecule has 0 bridgehead atoms. The molecule has 4 heteroatoms. The van der Waals surface area contributed by atoms with Crippen LogP contribution in [0.15, 0.2) is 47.6 Å². The third kappa shape index (κ3) is 3.34. The summed E-state index contributed by atoms with van der Waals surface area (Å²) >= 11 is 0. The lowest BCUT2D eigenvalue weighted by Gasteiger charge is -2.32. The third-order valence-electron chi connectivity index (χ3n) is 5.34. The minimum Gasteiger partial charge on any atom is -0.392 e. The Labute approximate surface area is 144 Å². The van der Waals surface area contributed by atoms with Crippen LogP contribution in [0.5, 0.6) is 0 Å². The molecule has 1 saturated heterocycles. The zero-order chi connectivity index (χ0) is 17.3. The number of carbonyl (C=O) groups is 1. The number of carbonyl (C=O) groups excluding carboxylic acids is 1. The summed E-state index contributed by atoms with van der Waals surface area (Å²) in [6.45, 7) is 9.31. The number of nitrogens with zero attached hydrogens (tertiary/aromatic N) is 2. The highest BCUT2D eigenvalue weighted by molar-refractivity contribution is 5.81. The first-order valence-corrected chi connectivity index (χ1v) is 9.08. The van der Waals surface area contributed by atoms with Gasteiger partial charge in [0, 0.05) is 25.4 Å². The summed E-state index contributed by atoms with van der Waals surface area (Å²) < 4.78 is 0. The van der Waals surface area contributed by atoms with E-state index in [9.17, 15) is 9.90 Å². The van der Waals surface area contributed by atoms with Crippen molar-refractivity contribution < 1.29 is 9.90 Å². The number of aliphatic hydroxyl groups excluding tert-OH is 1. The number of rotatable bonds is 6. The average Bonchev–Trinajstić information content (AvgIpc) is 3.35. The second kappa shape index (κ2) is 6.98. The van der Waals surface area contributed by atoms with Gasteiger partial charge in [0.05, 0.1) is 18.0 Å². The maximum atomic E-state index is 12.2. The van der Waals surface area contributed by atoms with Crippen LogP contribution >= 0.6 is 0 Å². The zero-order valence-corrected chi connectivity index (χ0v) is 14.8. The van der Waals surface area contributed by atoms with Crippen LogP contribution in [0.3, 0.4) is 0 Å². The summed E-state index contributed by atoms with van der Waals surface area (Å²) in [6.07, 6.45) is 11.2. The van der Waals surface area contributed by atoms with E-state index in [2.05, 4.69) is 32.7 Å². The van der Waals surface area contributed by atoms with Crippen molar-refractivity contribution in [2.45, 2.75) is 46.0 Å². The molecular weight excluding hydrogens is 300 g/mol. The molecule has 0 aromatic carbocycles. The SMILES string of the molecule is C=C1C(N2CCCC2=O)=CC(C2CC2)=CN1/C=C(/CO)C(C)CC. The third-order valence-corrected chi connectivity index (χ3v) is 5.34. The Morgan fingerprint density at radius 2 is 2.25 bits per heavy atom. The van der Waals surface area contributed by atoms with E-state index in [1.807, 2.05) is 16.0 Å². The first kappa shape index (κ1) is 17.0. The van der Waals surface area contributed by atoms with Crippen molar-refractivity contribution >= 4 is 5.91 Å². The van der Waals surface area contributed by atoms with Gasteiger partial charge in [0.1, 0.15) is 0 Å². The van der Waals surface area contributed by atoms with Crippen LogP contribution in [0.1, 0.15) is 46.0 Å². The van der Waals surface area contributed by atoms with E-state index in [0.29, 0.717) is 18.3 Å². The maximum absolute atomic E-state index is 12.2. The molecule has 0 radical (unpaired) electrons. The Hall–Kier alpha value is -1.81. The van der Waals surface area contributed by atoms with E-state index in [0.717, 1.165) is 36.4 Å². The van der Waals surface area contributed by atoms with E-state index in [-0.39, 0.29) is 12.5 Å². The predicted octanol–water partition coefficient (Wildman–Crippen LogP) is 3.54. The summed E-state index contributed by atoms with van der Waals surface area (Å²) in [6, 6.07) is 0. The lowest BCUT2D eigenvalue weighted by molar-refractivity contribution is -0.126. The molecule has 1 amide bonds. The summed E-state index contributed by atoms with van der Waals surface area (Å²) in [7, 11) is 0. The van der Waals surface area contributed by atoms with Gasteiger partial charge in [0.25, 0.3) is 0 Å². The minimum atomic E-state index is 0.0487. The van der Waals surface area contributed by atoms with Crippen molar-refractivity contribution in [2.75, 3.05) is 13.2 Å². The van der Waals surface area contributed by atoms with Gasteiger partial charge in [-0.05, 0) is 54.7 Å². The van der Waals surface area contributed by atoms with Gasteiger partial charge in [-0.1, -0.05) is 20.4 Å². The fourth-order valence-corrected chi connectivity index (χ4v) is 3.31. The Kier molecular flexibility index (Phi) is 4.95. The van der Waals surface area contributed by atoms with E-state index in [1.165, 1.54) is 18.4 Å². The maximum Gasteiger partial charge on any atom is 0.227 e. The Balaban J connectivity index is 1.92. The normalized spacial score (nSPS) is 23.5. The highest BCUT2D eigenvalue weighted by Gasteiger charge is 2.33. The van der Waals surface area contributed by atoms with Gasteiger partial charge in [-0.3, -0.25) is 4.79 Å². The molecule has 1 saturated carbocycles. The van der Waals surface area contributed by atoms with Crippen LogP contribution in [-0.2, 0) is 4.79 Å². The Morgan fingerprint density at radius 1 is 1.50 bits per heavy atom. The monoisotopic (exact) mass is 328 g/mol. The van der Waals surface area contributed by atoms with Crippen LogP contribution in [0.2, 0.25) is 0 Å². The summed E-state index contributed by atoms with van der Waals surface area (Å²) in [5.41, 5.74) is 4.03. The quantitative estimate of drug-likeness (QED) is 0.811. The van der Waals surface area contributed by atoms with Crippen molar-refractivity contribution in [1.82, 2.24) is 9.80 Å². The molecule has 0 aromatic heterocycles. The molecule has 3 rings (SSSR count). The van der Waals surface area contributed by atoms with Crippen LogP contribution < -0.4 is 0 Å². The molecule has 130 valence electrons. The van der Waals surface area contributed by atoms with Gasteiger partial charge in [-0.15, -0.1) is 0 Å². The van der Waals surface area contributed by atoms with Gasteiger partial charge in [-0.25, -0.2) is 0 Å². The number of aliphatic hydroxyl groups is 1. The van der Waals surface area contributed by atoms with Crippen LogP contribution in [-0.4, -0.2) is 34.0 Å². The molecule has 0 spiro atoms. The molecule has 1 N–H and O–H groups in total. The fourth-order valence-electron chi connectivity index (χ4n) is 3.31. The zero-order valence-electron chi connectivity index (χ0n) is 14.8. The van der Waals surface area contributed by atoms with E-state index in [1.54, 1.807) is 0 Å². The number of allylic oxidation sites excluding steroid dienone is 2. The molecular formula is C20H28N2O2. The topological polar surface area (TPSA) is 43.8 Å². The molecule has 2 aliphatic heterocycles. The van der Waals surface area contributed by atoms with Crippen LogP contribution in [0, 0.1) is 11.8 Å². The largest absolute Gasteiger partial charge is 0.392 e. The average molecular weight is 328 g/mol. The van der Waals surface area contributed by atoms with Crippen molar-refractivity contribution in [3.63, 3.8) is 0 Å². The fraction of sp³-hybridized carbons (Fsp3) is 0.550. The van der Waals surface area contributed by atoms with Gasteiger partial charge in [-0.2, -0.15) is 0 Å². The standard InChI is InChI=1S/C20H28N2O2/c1-4-14(2)18(13-23)12-21-11-17(16-7-8-16)10-19(15(21)3)22-9-5-6-20(22)24/h10-12,14,16,23H,3-9,13H2,1-2H3/b18-12-. The predicted molar refractivity (Wildman–Crippen MR) is 95.4 cm³/mol. The van der Waals surface area contributed by atoms with Crippen LogP contribution in [0.4, 0.5) is 0 Å². The molecule has 1 unspecified atom stereocenters. The summed E-state index contributed by atoms with van der Waals surface area (Å²) in [5.74, 6) is 1.11. The molecule has 3 aliphatic rings. The molecule has 2 fully saturated rings. The molecule has 1 aliphatic carbocycles. The van der Waals surface area contributed by atoms with Gasteiger partial charge < -0.3 is 14.9 Å². The van der Waals surface area contributed by atoms with Crippen molar-refractivity contribution in [3.05, 3.63) is 47.6 Å². The first-order valence-electron chi connectivity index (χ1n) is 9.08. The molecule has 24 heavy (non-hydrogen) atoms. The Bertz CT molecular complexity index is 626. The van der Waals surface area contributed by atoms with Crippen LogP contribution in [0.25, 0.3) is 0 Å². The van der Waals surface area contributed by atoms with E-state index < -0.39 is 0 Å². The summed E-state index contributed by atoms with van der Waals surface area (Å²) in [5, 5.41) is 9.73. The van der Waals surface area contributed by atoms with Crippen molar-refractivity contribution in [2.24, 2.45) is 11.8 Å². The van der Waals surface area contributed by atoms with Gasteiger partial charge >= 0.3 is 0 Å². The molecule has 2 heterocycles. The van der Waals surface area contributed by atoms with Gasteiger partial charge in [0.2, 0.25) is 5.91 Å². The second-order valence-corrected chi connectivity index (χ2v) is 7.11. The second-order valence-electron chi connectivity index (χ2n) is 7.11.